The summed E-state index contributed by atoms with van der Waals surface area (Å²) in [5, 5.41) is 3.58. The van der Waals surface area contributed by atoms with Gasteiger partial charge in [-0.2, -0.15) is 0 Å². The van der Waals surface area contributed by atoms with Crippen molar-refractivity contribution < 1.29 is 4.79 Å². The van der Waals surface area contributed by atoms with Gasteiger partial charge < -0.3 is 15.1 Å². The fourth-order valence-corrected chi connectivity index (χ4v) is 4.24. The molecule has 4 heteroatoms. The average Bonchev–Trinajstić information content (AvgIpc) is 2.35. The lowest BCUT2D eigenvalue weighted by molar-refractivity contribution is -0.150. The minimum Gasteiger partial charge on any atom is -0.335 e. The van der Waals surface area contributed by atoms with E-state index in [1.807, 2.05) is 0 Å². The molecule has 3 heterocycles. The van der Waals surface area contributed by atoms with Crippen LogP contribution in [-0.4, -0.2) is 61.5 Å². The van der Waals surface area contributed by atoms with Crippen molar-refractivity contribution in [2.45, 2.75) is 37.8 Å². The molecule has 4 nitrogen and oxygen atoms in total. The summed E-state index contributed by atoms with van der Waals surface area (Å²) in [6.07, 6.45) is 4.40. The maximum atomic E-state index is 12.3. The summed E-state index contributed by atoms with van der Waals surface area (Å²) in [7, 11) is 4.23. The van der Waals surface area contributed by atoms with Crippen LogP contribution >= 0.6 is 0 Å². The second-order valence-electron chi connectivity index (χ2n) is 6.50. The maximum Gasteiger partial charge on any atom is 0.223 e. The van der Waals surface area contributed by atoms with Gasteiger partial charge in [-0.1, -0.05) is 0 Å². The molecule has 3 rings (SSSR count). The van der Waals surface area contributed by atoms with Gasteiger partial charge in [0.25, 0.3) is 0 Å². The number of piperidine rings is 3. The zero-order valence-electron chi connectivity index (χ0n) is 11.6. The van der Waals surface area contributed by atoms with E-state index in [1.54, 1.807) is 0 Å². The SMILES string of the molecule is CN(C)C[C@H]1[C@@H]2CNC[C@@H](C2)[C@@H]2CCCC(=O)N21. The van der Waals surface area contributed by atoms with Crippen molar-refractivity contribution in [2.75, 3.05) is 33.7 Å². The first-order valence-electron chi connectivity index (χ1n) is 7.33. The third kappa shape index (κ3) is 2.05. The number of nitrogens with zero attached hydrogens (tertiary/aromatic N) is 2. The second-order valence-corrected chi connectivity index (χ2v) is 6.50. The van der Waals surface area contributed by atoms with Crippen molar-refractivity contribution in [2.24, 2.45) is 11.8 Å². The van der Waals surface area contributed by atoms with Crippen LogP contribution in [0.4, 0.5) is 0 Å². The van der Waals surface area contributed by atoms with Gasteiger partial charge in [0.1, 0.15) is 0 Å². The number of amides is 1. The summed E-state index contributed by atoms with van der Waals surface area (Å²) in [4.78, 5) is 16.9. The lowest BCUT2D eigenvalue weighted by Gasteiger charge is -2.55. The molecule has 0 saturated carbocycles. The van der Waals surface area contributed by atoms with Crippen molar-refractivity contribution in [3.63, 3.8) is 0 Å². The number of nitrogens with one attached hydrogen (secondary N) is 1. The van der Waals surface area contributed by atoms with Crippen molar-refractivity contribution in [3.8, 4) is 0 Å². The number of likely N-dealkylation sites (N-methyl/N-ethyl adjacent to an activating group) is 1. The van der Waals surface area contributed by atoms with E-state index in [2.05, 4.69) is 29.2 Å². The van der Waals surface area contributed by atoms with Gasteiger partial charge in [0, 0.05) is 25.0 Å². The van der Waals surface area contributed by atoms with Crippen LogP contribution in [0.3, 0.4) is 0 Å². The van der Waals surface area contributed by atoms with Gasteiger partial charge >= 0.3 is 0 Å². The van der Waals surface area contributed by atoms with Gasteiger partial charge in [-0.05, 0) is 58.3 Å². The Hall–Kier alpha value is -0.610. The molecule has 0 spiro atoms. The highest BCUT2D eigenvalue weighted by Gasteiger charge is 2.47. The maximum absolute atomic E-state index is 12.3. The quantitative estimate of drug-likeness (QED) is 0.778. The molecule has 2 bridgehead atoms. The van der Waals surface area contributed by atoms with Crippen LogP contribution < -0.4 is 5.32 Å². The van der Waals surface area contributed by atoms with Crippen molar-refractivity contribution in [1.82, 2.24) is 15.1 Å². The molecule has 18 heavy (non-hydrogen) atoms. The van der Waals surface area contributed by atoms with E-state index in [0.29, 0.717) is 29.8 Å². The Morgan fingerprint density at radius 2 is 2.11 bits per heavy atom. The normalized spacial score (nSPS) is 39.9. The van der Waals surface area contributed by atoms with Crippen molar-refractivity contribution in [3.05, 3.63) is 0 Å². The molecule has 0 aromatic rings. The predicted molar refractivity (Wildman–Crippen MR) is 71.3 cm³/mol. The van der Waals surface area contributed by atoms with E-state index >= 15 is 0 Å². The molecule has 4 atom stereocenters. The van der Waals surface area contributed by atoms with E-state index in [4.69, 9.17) is 0 Å². The van der Waals surface area contributed by atoms with Crippen LogP contribution in [0.25, 0.3) is 0 Å². The van der Waals surface area contributed by atoms with Crippen LogP contribution in [0, 0.1) is 11.8 Å². The molecule has 102 valence electrons. The topological polar surface area (TPSA) is 35.6 Å². The minimum atomic E-state index is 0.412. The Bertz CT molecular complexity index is 331. The largest absolute Gasteiger partial charge is 0.335 e. The molecule has 1 N–H and O–H groups in total. The summed E-state index contributed by atoms with van der Waals surface area (Å²) in [5.41, 5.74) is 0. The zero-order chi connectivity index (χ0) is 12.7. The number of hydrogen-bond acceptors (Lipinski definition) is 3. The Labute approximate surface area is 110 Å². The molecule has 0 radical (unpaired) electrons. The summed E-state index contributed by atoms with van der Waals surface area (Å²) in [6, 6.07) is 0.946. The third-order valence-corrected chi connectivity index (χ3v) is 4.95. The summed E-state index contributed by atoms with van der Waals surface area (Å²) in [5.74, 6) is 1.77. The van der Waals surface area contributed by atoms with Crippen LogP contribution in [-0.2, 0) is 4.79 Å². The molecule has 3 aliphatic heterocycles. The van der Waals surface area contributed by atoms with Crippen LogP contribution in [0.5, 0.6) is 0 Å². The molecular formula is C14H25N3O. The molecule has 3 aliphatic rings. The third-order valence-electron chi connectivity index (χ3n) is 4.95. The molecule has 1 amide bonds. The molecule has 0 aromatic heterocycles. The predicted octanol–water partition coefficient (Wildman–Crippen LogP) is 0.537. The van der Waals surface area contributed by atoms with E-state index in [0.717, 1.165) is 32.5 Å². The highest BCUT2D eigenvalue weighted by Crippen LogP contribution is 2.39. The standard InChI is InChI=1S/C14H25N3O/c1-16(2)9-13-11-6-10(7-15-8-11)12-4-3-5-14(18)17(12)13/h10-13,15H,3-9H2,1-2H3/t10-,11+,12+,13+/m1/s1. The average molecular weight is 251 g/mol. The van der Waals surface area contributed by atoms with Gasteiger partial charge in [-0.3, -0.25) is 4.79 Å². The first-order valence-corrected chi connectivity index (χ1v) is 7.33. The second kappa shape index (κ2) is 4.82. The van der Waals surface area contributed by atoms with E-state index in [1.165, 1.54) is 12.8 Å². The molecule has 3 saturated heterocycles. The summed E-state index contributed by atoms with van der Waals surface area (Å²) < 4.78 is 0. The first-order chi connectivity index (χ1) is 8.66. The van der Waals surface area contributed by atoms with E-state index in [-0.39, 0.29) is 0 Å². The fraction of sp³-hybridized carbons (Fsp3) is 0.929. The number of fused-ring (bicyclic) bond motifs is 4. The lowest BCUT2D eigenvalue weighted by Crippen LogP contribution is -2.66. The Kier molecular flexibility index (Phi) is 3.32. The Morgan fingerprint density at radius 3 is 2.89 bits per heavy atom. The summed E-state index contributed by atoms with van der Waals surface area (Å²) >= 11 is 0. The molecular weight excluding hydrogens is 226 g/mol. The smallest absolute Gasteiger partial charge is 0.223 e. The zero-order valence-corrected chi connectivity index (χ0v) is 11.6. The number of rotatable bonds is 2. The fourth-order valence-electron chi connectivity index (χ4n) is 4.24. The van der Waals surface area contributed by atoms with Gasteiger partial charge in [0.2, 0.25) is 5.91 Å². The van der Waals surface area contributed by atoms with Crippen LogP contribution in [0.1, 0.15) is 25.7 Å². The van der Waals surface area contributed by atoms with Gasteiger partial charge in [-0.15, -0.1) is 0 Å². The molecule has 3 fully saturated rings. The first kappa shape index (κ1) is 12.4. The minimum absolute atomic E-state index is 0.412. The number of carbonyl (C=O) groups is 1. The Morgan fingerprint density at radius 1 is 1.33 bits per heavy atom. The van der Waals surface area contributed by atoms with Crippen LogP contribution in [0.15, 0.2) is 0 Å². The number of hydrogen-bond donors (Lipinski definition) is 1. The van der Waals surface area contributed by atoms with Crippen molar-refractivity contribution >= 4 is 5.91 Å². The monoisotopic (exact) mass is 251 g/mol. The van der Waals surface area contributed by atoms with E-state index < -0.39 is 0 Å². The van der Waals surface area contributed by atoms with Gasteiger partial charge in [0.15, 0.2) is 0 Å². The van der Waals surface area contributed by atoms with Crippen LogP contribution in [0.2, 0.25) is 0 Å². The van der Waals surface area contributed by atoms with Gasteiger partial charge in [0.05, 0.1) is 0 Å². The van der Waals surface area contributed by atoms with E-state index in [9.17, 15) is 4.79 Å². The summed E-state index contributed by atoms with van der Waals surface area (Å²) in [6.45, 7) is 3.21. The van der Waals surface area contributed by atoms with Crippen molar-refractivity contribution in [1.29, 1.82) is 0 Å². The Balaban J connectivity index is 1.86. The van der Waals surface area contributed by atoms with Gasteiger partial charge in [-0.25, -0.2) is 0 Å². The molecule has 0 aliphatic carbocycles. The molecule has 0 unspecified atom stereocenters. The highest BCUT2D eigenvalue weighted by molar-refractivity contribution is 5.78. The highest BCUT2D eigenvalue weighted by atomic mass is 16.2. The lowest BCUT2D eigenvalue weighted by atomic mass is 9.72. The molecule has 0 aromatic carbocycles. The number of carbonyl (C=O) groups excluding carboxylic acids is 1.